The summed E-state index contributed by atoms with van der Waals surface area (Å²) in [5.41, 5.74) is 0. The van der Waals surface area contributed by atoms with Crippen LogP contribution in [0.2, 0.25) is 0 Å². The average Bonchev–Trinajstić information content (AvgIpc) is 3.10. The predicted molar refractivity (Wildman–Crippen MR) is 210 cm³/mol. The summed E-state index contributed by atoms with van der Waals surface area (Å²) in [7, 11) is 0. The van der Waals surface area contributed by atoms with Gasteiger partial charge in [0, 0.05) is 19.3 Å². The van der Waals surface area contributed by atoms with E-state index in [-0.39, 0.29) is 30.1 Å². The maximum atomic E-state index is 13.0. The monoisotopic (exact) mass is 709 g/mol. The topological polar surface area (TPSA) is 78.9 Å². The summed E-state index contributed by atoms with van der Waals surface area (Å²) in [4.78, 5) is 38.2. The molecule has 296 valence electrons. The van der Waals surface area contributed by atoms with Gasteiger partial charge in [0.05, 0.1) is 6.61 Å². The summed E-state index contributed by atoms with van der Waals surface area (Å²) < 4.78 is 17.7. The molecule has 0 spiro atoms. The lowest BCUT2D eigenvalue weighted by molar-refractivity contribution is -0.169. The maximum Gasteiger partial charge on any atom is 0.306 e. The third kappa shape index (κ3) is 33.5. The maximum absolute atomic E-state index is 13.0. The van der Waals surface area contributed by atoms with E-state index < -0.39 is 0 Å². The molecule has 6 nitrogen and oxygen atoms in total. The Morgan fingerprint density at radius 1 is 0.340 bits per heavy atom. The fourth-order valence-electron chi connectivity index (χ4n) is 6.61. The minimum Gasteiger partial charge on any atom is -0.466 e. The first-order valence-corrected chi connectivity index (χ1v) is 22.0. The number of unbranched alkanes of at least 4 members (excludes halogenated alkanes) is 24. The van der Waals surface area contributed by atoms with Gasteiger partial charge in [-0.25, -0.2) is 0 Å². The van der Waals surface area contributed by atoms with Crippen LogP contribution in [0.1, 0.15) is 246 Å². The molecule has 0 saturated heterocycles. The van der Waals surface area contributed by atoms with Crippen LogP contribution in [0.4, 0.5) is 0 Å². The molecule has 0 aromatic rings. The van der Waals surface area contributed by atoms with Gasteiger partial charge in [-0.15, -0.1) is 0 Å². The predicted octanol–water partition coefficient (Wildman–Crippen LogP) is 13.7. The fourth-order valence-corrected chi connectivity index (χ4v) is 6.61. The molecule has 0 aliphatic carbocycles. The third-order valence-corrected chi connectivity index (χ3v) is 9.92. The number of carbonyl (C=O) groups is 3. The number of rotatable bonds is 39. The minimum atomic E-state index is -0.385. The third-order valence-electron chi connectivity index (χ3n) is 9.92. The van der Waals surface area contributed by atoms with Crippen LogP contribution in [0.15, 0.2) is 0 Å². The van der Waals surface area contributed by atoms with Crippen LogP contribution < -0.4 is 0 Å². The highest BCUT2D eigenvalue weighted by Crippen LogP contribution is 2.23. The second-order valence-corrected chi connectivity index (χ2v) is 14.9. The molecule has 0 aromatic carbocycles. The highest BCUT2D eigenvalue weighted by molar-refractivity contribution is 5.70. The van der Waals surface area contributed by atoms with Crippen molar-refractivity contribution in [3.05, 3.63) is 0 Å². The van der Waals surface area contributed by atoms with Gasteiger partial charge in [0.15, 0.2) is 0 Å². The van der Waals surface area contributed by atoms with E-state index in [9.17, 15) is 14.4 Å². The summed E-state index contributed by atoms with van der Waals surface area (Å²) in [6.07, 6.45) is 34.7. The van der Waals surface area contributed by atoms with Crippen LogP contribution in [-0.4, -0.2) is 36.7 Å². The van der Waals surface area contributed by atoms with Crippen molar-refractivity contribution in [2.24, 2.45) is 0 Å². The van der Waals surface area contributed by atoms with Crippen LogP contribution in [0.3, 0.4) is 0 Å². The first-order valence-electron chi connectivity index (χ1n) is 22.0. The molecule has 0 aromatic heterocycles. The van der Waals surface area contributed by atoms with E-state index in [2.05, 4.69) is 27.7 Å². The molecule has 0 bridgehead atoms. The molecule has 0 aliphatic rings. The van der Waals surface area contributed by atoms with E-state index in [1.54, 1.807) is 0 Å². The van der Waals surface area contributed by atoms with Crippen LogP contribution in [0, 0.1) is 0 Å². The van der Waals surface area contributed by atoms with Gasteiger partial charge in [-0.3, -0.25) is 14.4 Å². The van der Waals surface area contributed by atoms with Gasteiger partial charge in [0.25, 0.3) is 0 Å². The quantitative estimate of drug-likeness (QED) is 0.0359. The Balaban J connectivity index is 4.83. The van der Waals surface area contributed by atoms with Crippen molar-refractivity contribution in [1.29, 1.82) is 0 Å². The van der Waals surface area contributed by atoms with Gasteiger partial charge >= 0.3 is 17.9 Å². The molecule has 2 unspecified atom stereocenters. The molecule has 0 heterocycles. The van der Waals surface area contributed by atoms with E-state index >= 15 is 0 Å². The molecule has 0 amide bonds. The van der Waals surface area contributed by atoms with E-state index in [1.165, 1.54) is 89.9 Å². The smallest absolute Gasteiger partial charge is 0.306 e. The van der Waals surface area contributed by atoms with Gasteiger partial charge in [-0.1, -0.05) is 175 Å². The molecule has 0 aliphatic heterocycles. The number of esters is 3. The molecule has 6 heteroatoms. The highest BCUT2D eigenvalue weighted by atomic mass is 16.6. The normalized spacial score (nSPS) is 12.5. The van der Waals surface area contributed by atoms with Crippen LogP contribution in [0.25, 0.3) is 0 Å². The van der Waals surface area contributed by atoms with E-state index in [1.807, 2.05) is 0 Å². The number of carbonyl (C=O) groups excluding carboxylic acids is 3. The summed E-state index contributed by atoms with van der Waals surface area (Å²) >= 11 is 0. The summed E-state index contributed by atoms with van der Waals surface area (Å²) in [5.74, 6) is -0.368. The molecule has 0 rings (SSSR count). The minimum absolute atomic E-state index is 0.0701. The standard InChI is InChI=1S/C44H84O6/c1-5-9-13-17-19-20-27-33-39-48-42(45)36-30-26-21-25-29-35-41(50-44(47)38-32-23-16-12-8-4)40(34-28-24-18-14-10-6-2)49-43(46)37-31-22-15-11-7-3/h40-41H,5-39H2,1-4H3. The first-order chi connectivity index (χ1) is 24.5. The zero-order valence-electron chi connectivity index (χ0n) is 33.9. The lowest BCUT2D eigenvalue weighted by Crippen LogP contribution is -2.35. The van der Waals surface area contributed by atoms with Crippen molar-refractivity contribution in [1.82, 2.24) is 0 Å². The summed E-state index contributed by atoms with van der Waals surface area (Å²) in [6, 6.07) is 0. The molecular formula is C44H84O6. The number of hydrogen-bond donors (Lipinski definition) is 0. The molecule has 0 saturated carbocycles. The Morgan fingerprint density at radius 3 is 0.980 bits per heavy atom. The SMILES string of the molecule is CCCCCCCCCCOC(=O)CCCCCCCC(OC(=O)CCCCCCC)C(CCCCCCCC)OC(=O)CCCCCCC. The molecule has 0 N–H and O–H groups in total. The van der Waals surface area contributed by atoms with E-state index in [0.29, 0.717) is 32.3 Å². The molecule has 50 heavy (non-hydrogen) atoms. The van der Waals surface area contributed by atoms with Crippen molar-refractivity contribution >= 4 is 17.9 Å². The van der Waals surface area contributed by atoms with Gasteiger partial charge in [0.1, 0.15) is 12.2 Å². The Morgan fingerprint density at radius 2 is 0.620 bits per heavy atom. The van der Waals surface area contributed by atoms with Gasteiger partial charge in [-0.05, 0) is 51.4 Å². The fraction of sp³-hybridized carbons (Fsp3) is 0.932. The zero-order chi connectivity index (χ0) is 36.8. The van der Waals surface area contributed by atoms with Gasteiger partial charge in [-0.2, -0.15) is 0 Å². The molecule has 0 radical (unpaired) electrons. The Hall–Kier alpha value is -1.59. The van der Waals surface area contributed by atoms with Crippen molar-refractivity contribution in [3.63, 3.8) is 0 Å². The average molecular weight is 709 g/mol. The summed E-state index contributed by atoms with van der Waals surface area (Å²) in [5, 5.41) is 0. The summed E-state index contributed by atoms with van der Waals surface area (Å²) in [6.45, 7) is 9.42. The van der Waals surface area contributed by atoms with Crippen molar-refractivity contribution in [3.8, 4) is 0 Å². The zero-order valence-corrected chi connectivity index (χ0v) is 33.9. The van der Waals surface area contributed by atoms with Gasteiger partial charge < -0.3 is 14.2 Å². The lowest BCUT2D eigenvalue weighted by Gasteiger charge is -2.27. The Bertz CT molecular complexity index is 753. The second kappa shape index (κ2) is 38.6. The van der Waals surface area contributed by atoms with Crippen molar-refractivity contribution in [2.75, 3.05) is 6.61 Å². The largest absolute Gasteiger partial charge is 0.466 e. The van der Waals surface area contributed by atoms with E-state index in [4.69, 9.17) is 14.2 Å². The van der Waals surface area contributed by atoms with Crippen LogP contribution >= 0.6 is 0 Å². The molecule has 0 fully saturated rings. The van der Waals surface area contributed by atoms with Crippen LogP contribution in [0.5, 0.6) is 0 Å². The van der Waals surface area contributed by atoms with Crippen LogP contribution in [-0.2, 0) is 28.6 Å². The highest BCUT2D eigenvalue weighted by Gasteiger charge is 2.28. The lowest BCUT2D eigenvalue weighted by atomic mass is 9.99. The van der Waals surface area contributed by atoms with Crippen molar-refractivity contribution in [2.45, 2.75) is 258 Å². The Kier molecular flexibility index (Phi) is 37.4. The number of hydrogen-bond acceptors (Lipinski definition) is 6. The molecule has 2 atom stereocenters. The Labute approximate surface area is 310 Å². The second-order valence-electron chi connectivity index (χ2n) is 14.9. The van der Waals surface area contributed by atoms with E-state index in [0.717, 1.165) is 103 Å². The number of ether oxygens (including phenoxy) is 3. The van der Waals surface area contributed by atoms with Crippen molar-refractivity contribution < 1.29 is 28.6 Å². The molecular weight excluding hydrogens is 624 g/mol. The first kappa shape index (κ1) is 48.4. The van der Waals surface area contributed by atoms with Gasteiger partial charge in [0.2, 0.25) is 0 Å².